The molecule has 0 atom stereocenters. The van der Waals surface area contributed by atoms with E-state index in [0.717, 1.165) is 0 Å². The number of rotatable bonds is 2. The van der Waals surface area contributed by atoms with Gasteiger partial charge in [-0.1, -0.05) is 6.58 Å². The minimum absolute atomic E-state index is 0.0787. The zero-order valence-electron chi connectivity index (χ0n) is 6.02. The highest BCUT2D eigenvalue weighted by molar-refractivity contribution is 6.17. The standard InChI is InChI=1S/C6H10N2O2/c1-4(5(9)7-2)6(10)8-3/h1H2,2-3H3,(H,7,9)(H,8,10). The van der Waals surface area contributed by atoms with E-state index in [9.17, 15) is 9.59 Å². The third kappa shape index (κ3) is 1.89. The molecule has 0 spiro atoms. The van der Waals surface area contributed by atoms with Crippen molar-refractivity contribution in [3.63, 3.8) is 0 Å². The smallest absolute Gasteiger partial charge is 0.255 e. The number of nitrogens with one attached hydrogen (secondary N) is 2. The van der Waals surface area contributed by atoms with Crippen LogP contribution in [0.4, 0.5) is 0 Å². The molecule has 56 valence electrons. The molecule has 10 heavy (non-hydrogen) atoms. The van der Waals surface area contributed by atoms with Gasteiger partial charge < -0.3 is 10.6 Å². The van der Waals surface area contributed by atoms with E-state index in [1.807, 2.05) is 0 Å². The van der Waals surface area contributed by atoms with Crippen molar-refractivity contribution < 1.29 is 9.59 Å². The van der Waals surface area contributed by atoms with Crippen LogP contribution in [0.1, 0.15) is 0 Å². The molecule has 0 saturated heterocycles. The van der Waals surface area contributed by atoms with Crippen LogP contribution >= 0.6 is 0 Å². The van der Waals surface area contributed by atoms with Gasteiger partial charge in [0.2, 0.25) is 0 Å². The zero-order chi connectivity index (χ0) is 8.15. The molecule has 0 unspecified atom stereocenters. The molecule has 0 aliphatic rings. The van der Waals surface area contributed by atoms with E-state index >= 15 is 0 Å². The average molecular weight is 142 g/mol. The van der Waals surface area contributed by atoms with Gasteiger partial charge in [0.05, 0.1) is 5.57 Å². The molecule has 0 aliphatic carbocycles. The van der Waals surface area contributed by atoms with Crippen LogP contribution in [0.15, 0.2) is 12.2 Å². The Balaban J connectivity index is 4.09. The Morgan fingerprint density at radius 2 is 1.40 bits per heavy atom. The Bertz CT molecular complexity index is 157. The maximum absolute atomic E-state index is 10.6. The highest BCUT2D eigenvalue weighted by atomic mass is 16.2. The number of carbonyl (C=O) groups excluding carboxylic acids is 2. The van der Waals surface area contributed by atoms with Gasteiger partial charge in [0.1, 0.15) is 0 Å². The largest absolute Gasteiger partial charge is 0.355 e. The fourth-order valence-corrected chi connectivity index (χ4v) is 0.405. The molecular formula is C6H10N2O2. The Kier molecular flexibility index (Phi) is 3.17. The molecule has 4 nitrogen and oxygen atoms in total. The molecule has 0 radical (unpaired) electrons. The lowest BCUT2D eigenvalue weighted by molar-refractivity contribution is -0.123. The molecule has 0 heterocycles. The maximum Gasteiger partial charge on any atom is 0.255 e. The first-order chi connectivity index (χ1) is 4.63. The summed E-state index contributed by atoms with van der Waals surface area (Å²) in [5.41, 5.74) is -0.0787. The fourth-order valence-electron chi connectivity index (χ4n) is 0.405. The number of hydrogen-bond acceptors (Lipinski definition) is 2. The second kappa shape index (κ2) is 3.66. The van der Waals surface area contributed by atoms with E-state index in [0.29, 0.717) is 0 Å². The Morgan fingerprint density at radius 1 is 1.10 bits per heavy atom. The molecule has 0 aliphatic heterocycles. The topological polar surface area (TPSA) is 58.2 Å². The SMILES string of the molecule is C=C(C(=O)NC)C(=O)NC. The normalized spacial score (nSPS) is 8.20. The van der Waals surface area contributed by atoms with E-state index in [4.69, 9.17) is 0 Å². The van der Waals surface area contributed by atoms with Crippen LogP contribution in [0.25, 0.3) is 0 Å². The summed E-state index contributed by atoms with van der Waals surface area (Å²) < 4.78 is 0. The first kappa shape index (κ1) is 8.68. The van der Waals surface area contributed by atoms with Crippen LogP contribution in [0.3, 0.4) is 0 Å². The molecule has 0 aromatic heterocycles. The molecule has 0 aromatic rings. The lowest BCUT2D eigenvalue weighted by Crippen LogP contribution is -2.30. The lowest BCUT2D eigenvalue weighted by Gasteiger charge is -2.00. The van der Waals surface area contributed by atoms with E-state index in [2.05, 4.69) is 17.2 Å². The van der Waals surface area contributed by atoms with Crippen LogP contribution in [0.2, 0.25) is 0 Å². The van der Waals surface area contributed by atoms with Crippen molar-refractivity contribution in [3.05, 3.63) is 12.2 Å². The van der Waals surface area contributed by atoms with Crippen molar-refractivity contribution in [1.82, 2.24) is 10.6 Å². The summed E-state index contributed by atoms with van der Waals surface area (Å²) >= 11 is 0. The highest BCUT2D eigenvalue weighted by Crippen LogP contribution is 1.87. The van der Waals surface area contributed by atoms with Gasteiger partial charge in [0, 0.05) is 14.1 Å². The highest BCUT2D eigenvalue weighted by Gasteiger charge is 2.10. The van der Waals surface area contributed by atoms with Crippen molar-refractivity contribution in [2.45, 2.75) is 0 Å². The van der Waals surface area contributed by atoms with Gasteiger partial charge in [0.15, 0.2) is 0 Å². The molecule has 4 heteroatoms. The van der Waals surface area contributed by atoms with Gasteiger partial charge in [-0.2, -0.15) is 0 Å². The zero-order valence-corrected chi connectivity index (χ0v) is 6.02. The van der Waals surface area contributed by atoms with Crippen molar-refractivity contribution in [1.29, 1.82) is 0 Å². The van der Waals surface area contributed by atoms with E-state index in [-0.39, 0.29) is 5.57 Å². The summed E-state index contributed by atoms with van der Waals surface area (Å²) in [6.07, 6.45) is 0. The molecular weight excluding hydrogens is 132 g/mol. The van der Waals surface area contributed by atoms with Crippen LogP contribution in [0.5, 0.6) is 0 Å². The van der Waals surface area contributed by atoms with Crippen LogP contribution in [-0.4, -0.2) is 25.9 Å². The second-order valence-electron chi connectivity index (χ2n) is 1.64. The molecule has 0 saturated carbocycles. The Labute approximate surface area is 59.3 Å². The number of carbonyl (C=O) groups is 2. The van der Waals surface area contributed by atoms with Crippen molar-refractivity contribution in [2.75, 3.05) is 14.1 Å². The van der Waals surface area contributed by atoms with Gasteiger partial charge >= 0.3 is 0 Å². The van der Waals surface area contributed by atoms with Gasteiger partial charge in [-0.15, -0.1) is 0 Å². The fraction of sp³-hybridized carbons (Fsp3) is 0.333. The molecule has 0 rings (SSSR count). The van der Waals surface area contributed by atoms with E-state index in [1.165, 1.54) is 14.1 Å². The molecule has 2 N–H and O–H groups in total. The minimum atomic E-state index is -0.459. The van der Waals surface area contributed by atoms with Crippen LogP contribution in [-0.2, 0) is 9.59 Å². The number of hydrogen-bond donors (Lipinski definition) is 2. The predicted octanol–water partition coefficient (Wildman–Crippen LogP) is -0.965. The van der Waals surface area contributed by atoms with Gasteiger partial charge in [-0.25, -0.2) is 0 Å². The van der Waals surface area contributed by atoms with Crippen LogP contribution in [0, 0.1) is 0 Å². The Hall–Kier alpha value is -1.32. The molecule has 0 bridgehead atoms. The van der Waals surface area contributed by atoms with E-state index < -0.39 is 11.8 Å². The molecule has 2 amide bonds. The van der Waals surface area contributed by atoms with E-state index in [1.54, 1.807) is 0 Å². The van der Waals surface area contributed by atoms with Crippen molar-refractivity contribution >= 4 is 11.8 Å². The van der Waals surface area contributed by atoms with Gasteiger partial charge in [-0.05, 0) is 0 Å². The third-order valence-corrected chi connectivity index (χ3v) is 1.00. The number of likely N-dealkylation sites (N-methyl/N-ethyl adjacent to an activating group) is 2. The summed E-state index contributed by atoms with van der Waals surface area (Å²) in [4.78, 5) is 21.3. The predicted molar refractivity (Wildman–Crippen MR) is 37.3 cm³/mol. The van der Waals surface area contributed by atoms with Gasteiger partial charge in [-0.3, -0.25) is 9.59 Å². The summed E-state index contributed by atoms with van der Waals surface area (Å²) in [6.45, 7) is 3.27. The third-order valence-electron chi connectivity index (χ3n) is 1.00. The van der Waals surface area contributed by atoms with Crippen molar-refractivity contribution in [3.8, 4) is 0 Å². The first-order valence-electron chi connectivity index (χ1n) is 2.76. The average Bonchev–Trinajstić information content (AvgIpc) is 2.00. The number of amides is 2. The van der Waals surface area contributed by atoms with Gasteiger partial charge in [0.25, 0.3) is 11.8 Å². The summed E-state index contributed by atoms with van der Waals surface area (Å²) in [6, 6.07) is 0. The minimum Gasteiger partial charge on any atom is -0.355 e. The first-order valence-corrected chi connectivity index (χ1v) is 2.76. The van der Waals surface area contributed by atoms with Crippen LogP contribution < -0.4 is 10.6 Å². The molecule has 0 aromatic carbocycles. The quantitative estimate of drug-likeness (QED) is 0.296. The molecule has 0 fully saturated rings. The maximum atomic E-state index is 10.6. The summed E-state index contributed by atoms with van der Waals surface area (Å²) in [5.74, 6) is -0.918. The summed E-state index contributed by atoms with van der Waals surface area (Å²) in [7, 11) is 2.88. The lowest BCUT2D eigenvalue weighted by atomic mass is 10.3. The summed E-state index contributed by atoms with van der Waals surface area (Å²) in [5, 5.41) is 4.56. The second-order valence-corrected chi connectivity index (χ2v) is 1.64. The monoisotopic (exact) mass is 142 g/mol. The van der Waals surface area contributed by atoms with Crippen molar-refractivity contribution in [2.24, 2.45) is 0 Å². The Morgan fingerprint density at radius 3 is 1.60 bits per heavy atom.